The molecule has 1 amide bonds. The van der Waals surface area contributed by atoms with Crippen molar-refractivity contribution in [1.82, 2.24) is 19.9 Å². The second-order valence-corrected chi connectivity index (χ2v) is 6.54. The van der Waals surface area contributed by atoms with Crippen LogP contribution in [0.15, 0.2) is 36.7 Å². The van der Waals surface area contributed by atoms with Crippen LogP contribution in [0, 0.1) is 0 Å². The Balaban J connectivity index is 1.71. The molecule has 0 bridgehead atoms. The summed E-state index contributed by atoms with van der Waals surface area (Å²) in [6, 6.07) is 7.14. The number of likely N-dealkylation sites (tertiary alicyclic amines) is 1. The molecule has 2 unspecified atom stereocenters. The summed E-state index contributed by atoms with van der Waals surface area (Å²) in [6.45, 7) is 2.95. The lowest BCUT2D eigenvalue weighted by Crippen LogP contribution is -2.48. The highest BCUT2D eigenvalue weighted by molar-refractivity contribution is 5.77. The quantitative estimate of drug-likeness (QED) is 0.860. The number of carbonyl (C=O) groups excluding carboxylic acids is 1. The third-order valence-corrected chi connectivity index (χ3v) is 4.92. The van der Waals surface area contributed by atoms with Crippen molar-refractivity contribution in [3.8, 4) is 5.75 Å². The molecular weight excluding hydrogens is 320 g/mol. The van der Waals surface area contributed by atoms with E-state index >= 15 is 0 Å². The summed E-state index contributed by atoms with van der Waals surface area (Å²) in [4.78, 5) is 14.5. The lowest BCUT2D eigenvalue weighted by atomic mass is 9.86. The monoisotopic (exact) mass is 344 g/mol. The van der Waals surface area contributed by atoms with Gasteiger partial charge in [0, 0.05) is 19.2 Å². The topological polar surface area (TPSA) is 80.5 Å². The Bertz CT molecular complexity index is 698. The number of nitrogens with zero attached hydrogens (tertiary/aromatic N) is 4. The first-order valence-corrected chi connectivity index (χ1v) is 8.53. The van der Waals surface area contributed by atoms with Crippen molar-refractivity contribution in [1.29, 1.82) is 0 Å². The number of hydrogen-bond donors (Lipinski definition) is 1. The zero-order valence-corrected chi connectivity index (χ0v) is 14.6. The molecule has 1 saturated heterocycles. The van der Waals surface area contributed by atoms with Crippen molar-refractivity contribution < 1.29 is 14.6 Å². The van der Waals surface area contributed by atoms with E-state index in [9.17, 15) is 9.90 Å². The summed E-state index contributed by atoms with van der Waals surface area (Å²) in [7, 11) is 1.61. The fourth-order valence-corrected chi connectivity index (χ4v) is 3.48. The number of carbonyl (C=O) groups is 1. The second-order valence-electron chi connectivity index (χ2n) is 6.54. The van der Waals surface area contributed by atoms with Crippen LogP contribution in [0.5, 0.6) is 5.75 Å². The smallest absolute Gasteiger partial charge is 0.224 e. The van der Waals surface area contributed by atoms with Gasteiger partial charge in [-0.1, -0.05) is 17.3 Å². The molecule has 0 aliphatic carbocycles. The second kappa shape index (κ2) is 7.23. The largest absolute Gasteiger partial charge is 0.497 e. The van der Waals surface area contributed by atoms with Crippen LogP contribution in [-0.2, 0) is 16.9 Å². The Morgan fingerprint density at radius 2 is 2.16 bits per heavy atom. The van der Waals surface area contributed by atoms with Crippen LogP contribution in [0.2, 0.25) is 0 Å². The van der Waals surface area contributed by atoms with Gasteiger partial charge in [-0.3, -0.25) is 9.48 Å². The van der Waals surface area contributed by atoms with Gasteiger partial charge in [0.2, 0.25) is 5.91 Å². The minimum Gasteiger partial charge on any atom is -0.497 e. The highest BCUT2D eigenvalue weighted by Crippen LogP contribution is 2.35. The van der Waals surface area contributed by atoms with Crippen molar-refractivity contribution in [2.24, 2.45) is 0 Å². The highest BCUT2D eigenvalue weighted by atomic mass is 16.5. The standard InChI is InChI=1S/C18H24N4O3/c1-18(24,14-5-7-15(25-2)8-6-14)16-4-3-11-22(16)17(23)9-12-21-13-10-19-20-21/h5-8,10,13,16,24H,3-4,9,11-12H2,1-2H3. The summed E-state index contributed by atoms with van der Waals surface area (Å²) < 4.78 is 6.82. The number of methoxy groups -OCH3 is 1. The van der Waals surface area contributed by atoms with Crippen LogP contribution in [0.25, 0.3) is 0 Å². The summed E-state index contributed by atoms with van der Waals surface area (Å²) >= 11 is 0. The van der Waals surface area contributed by atoms with Gasteiger partial charge < -0.3 is 14.7 Å². The van der Waals surface area contributed by atoms with Crippen molar-refractivity contribution in [2.75, 3.05) is 13.7 Å². The maximum absolute atomic E-state index is 12.7. The molecule has 1 aromatic carbocycles. The molecule has 7 heteroatoms. The van der Waals surface area contributed by atoms with E-state index in [1.807, 2.05) is 24.3 Å². The zero-order valence-electron chi connectivity index (χ0n) is 14.6. The number of aliphatic hydroxyl groups is 1. The van der Waals surface area contributed by atoms with Crippen LogP contribution in [0.3, 0.4) is 0 Å². The minimum atomic E-state index is -1.11. The Morgan fingerprint density at radius 1 is 1.40 bits per heavy atom. The molecule has 7 nitrogen and oxygen atoms in total. The van der Waals surface area contributed by atoms with Gasteiger partial charge in [-0.05, 0) is 37.5 Å². The van der Waals surface area contributed by atoms with Crippen molar-refractivity contribution in [3.63, 3.8) is 0 Å². The van der Waals surface area contributed by atoms with Gasteiger partial charge in [0.05, 0.1) is 25.9 Å². The molecule has 134 valence electrons. The zero-order chi connectivity index (χ0) is 17.9. The molecule has 0 saturated carbocycles. The highest BCUT2D eigenvalue weighted by Gasteiger charge is 2.42. The average molecular weight is 344 g/mol. The van der Waals surface area contributed by atoms with E-state index in [4.69, 9.17) is 4.74 Å². The van der Waals surface area contributed by atoms with Gasteiger partial charge in [0.1, 0.15) is 11.4 Å². The molecule has 2 heterocycles. The van der Waals surface area contributed by atoms with Gasteiger partial charge in [0.15, 0.2) is 0 Å². The van der Waals surface area contributed by atoms with Crippen molar-refractivity contribution in [3.05, 3.63) is 42.2 Å². The molecule has 2 aromatic rings. The van der Waals surface area contributed by atoms with E-state index in [2.05, 4.69) is 10.3 Å². The molecule has 0 spiro atoms. The van der Waals surface area contributed by atoms with E-state index in [1.165, 1.54) is 0 Å². The first kappa shape index (κ1) is 17.4. The van der Waals surface area contributed by atoms with E-state index in [0.717, 1.165) is 24.2 Å². The van der Waals surface area contributed by atoms with Crippen LogP contribution < -0.4 is 4.74 Å². The summed E-state index contributed by atoms with van der Waals surface area (Å²) in [5.74, 6) is 0.776. The van der Waals surface area contributed by atoms with Crippen molar-refractivity contribution >= 4 is 5.91 Å². The van der Waals surface area contributed by atoms with E-state index in [1.54, 1.807) is 36.0 Å². The molecule has 1 fully saturated rings. The first-order chi connectivity index (χ1) is 12.0. The maximum atomic E-state index is 12.7. The Hall–Kier alpha value is -2.41. The Labute approximate surface area is 147 Å². The number of hydrogen-bond acceptors (Lipinski definition) is 5. The minimum absolute atomic E-state index is 0.0341. The van der Waals surface area contributed by atoms with Crippen LogP contribution >= 0.6 is 0 Å². The predicted molar refractivity (Wildman–Crippen MR) is 91.9 cm³/mol. The number of amides is 1. The molecule has 1 aliphatic heterocycles. The Morgan fingerprint density at radius 3 is 2.80 bits per heavy atom. The third kappa shape index (κ3) is 3.66. The third-order valence-electron chi connectivity index (χ3n) is 4.92. The average Bonchev–Trinajstić information content (AvgIpc) is 3.31. The van der Waals surface area contributed by atoms with Crippen LogP contribution in [-0.4, -0.2) is 50.6 Å². The molecular formula is C18H24N4O3. The van der Waals surface area contributed by atoms with Gasteiger partial charge >= 0.3 is 0 Å². The van der Waals surface area contributed by atoms with E-state index in [-0.39, 0.29) is 11.9 Å². The molecule has 1 aliphatic rings. The summed E-state index contributed by atoms with van der Waals surface area (Å²) in [6.07, 6.45) is 5.36. The van der Waals surface area contributed by atoms with Gasteiger partial charge in [0.25, 0.3) is 0 Å². The lowest BCUT2D eigenvalue weighted by molar-refractivity contribution is -0.138. The SMILES string of the molecule is COc1ccc(C(C)(O)C2CCCN2C(=O)CCn2ccnn2)cc1. The molecule has 2 atom stereocenters. The van der Waals surface area contributed by atoms with Crippen LogP contribution in [0.4, 0.5) is 0 Å². The molecule has 3 rings (SSSR count). The van der Waals surface area contributed by atoms with Gasteiger partial charge in [-0.2, -0.15) is 0 Å². The fourth-order valence-electron chi connectivity index (χ4n) is 3.48. The van der Waals surface area contributed by atoms with Crippen LogP contribution in [0.1, 0.15) is 31.7 Å². The van der Waals surface area contributed by atoms with Crippen molar-refractivity contribution in [2.45, 2.75) is 44.4 Å². The molecule has 1 aromatic heterocycles. The Kier molecular flexibility index (Phi) is 5.03. The molecule has 0 radical (unpaired) electrons. The van der Waals surface area contributed by atoms with Gasteiger partial charge in [-0.15, -0.1) is 5.10 Å². The van der Waals surface area contributed by atoms with Gasteiger partial charge in [-0.25, -0.2) is 0 Å². The normalized spacial score (nSPS) is 19.6. The lowest BCUT2D eigenvalue weighted by Gasteiger charge is -2.37. The summed E-state index contributed by atoms with van der Waals surface area (Å²) in [5.41, 5.74) is -0.319. The number of aromatic nitrogens is 3. The summed E-state index contributed by atoms with van der Waals surface area (Å²) in [5, 5.41) is 18.8. The molecule has 25 heavy (non-hydrogen) atoms. The maximum Gasteiger partial charge on any atom is 0.224 e. The number of ether oxygens (including phenoxy) is 1. The first-order valence-electron chi connectivity index (χ1n) is 8.53. The number of benzene rings is 1. The van der Waals surface area contributed by atoms with E-state index < -0.39 is 5.60 Å². The number of rotatable bonds is 6. The number of aryl methyl sites for hydroxylation is 1. The van der Waals surface area contributed by atoms with E-state index in [0.29, 0.717) is 19.5 Å². The fraction of sp³-hybridized carbons (Fsp3) is 0.500. The predicted octanol–water partition coefficient (Wildman–Crippen LogP) is 1.58. The molecule has 1 N–H and O–H groups in total.